The van der Waals surface area contributed by atoms with Gasteiger partial charge in [-0.1, -0.05) is 60.7 Å². The molecule has 5 heteroatoms. The number of hydrogen-bond acceptors (Lipinski definition) is 4. The summed E-state index contributed by atoms with van der Waals surface area (Å²) in [5.41, 5.74) is 5.02. The summed E-state index contributed by atoms with van der Waals surface area (Å²) in [6.45, 7) is 0. The molecule has 0 saturated heterocycles. The Kier molecular flexibility index (Phi) is 4.51. The molecule has 5 rings (SSSR count). The van der Waals surface area contributed by atoms with E-state index in [2.05, 4.69) is 53.6 Å². The van der Waals surface area contributed by atoms with Crippen LogP contribution >= 0.6 is 11.8 Å². The number of thioether (sulfide) groups is 1. The normalized spacial score (nSPS) is 16.1. The fourth-order valence-electron chi connectivity index (χ4n) is 3.31. The minimum atomic E-state index is 0.283. The van der Waals surface area contributed by atoms with Crippen LogP contribution in [0.1, 0.15) is 22.9 Å². The first kappa shape index (κ1) is 17.0. The number of para-hydroxylation sites is 2. The Morgan fingerprint density at radius 3 is 2.36 bits per heavy atom. The number of benzene rings is 3. The van der Waals surface area contributed by atoms with E-state index in [1.165, 1.54) is 10.5 Å². The van der Waals surface area contributed by atoms with E-state index in [0.717, 1.165) is 29.2 Å². The van der Waals surface area contributed by atoms with Crippen molar-refractivity contribution in [1.29, 1.82) is 0 Å². The maximum atomic E-state index is 4.97. The summed E-state index contributed by atoms with van der Waals surface area (Å²) in [6, 6.07) is 28.9. The largest absolute Gasteiger partial charge is 0.250 e. The Hall–Kier alpha value is -3.18. The summed E-state index contributed by atoms with van der Waals surface area (Å²) in [7, 11) is 0. The third-order valence-electron chi connectivity index (χ3n) is 4.71. The van der Waals surface area contributed by atoms with E-state index in [1.807, 2.05) is 54.4 Å². The van der Waals surface area contributed by atoms with Gasteiger partial charge in [0, 0.05) is 16.6 Å². The van der Waals surface area contributed by atoms with E-state index < -0.39 is 0 Å². The van der Waals surface area contributed by atoms with Crippen LogP contribution < -0.4 is 0 Å². The van der Waals surface area contributed by atoms with Gasteiger partial charge in [0.25, 0.3) is 0 Å². The minimum absolute atomic E-state index is 0.283. The number of hydrogen-bond donors (Lipinski definition) is 0. The second-order valence-electron chi connectivity index (χ2n) is 6.60. The summed E-state index contributed by atoms with van der Waals surface area (Å²) in [5, 5.41) is 9.46. The Bertz CT molecular complexity index is 1120. The summed E-state index contributed by atoms with van der Waals surface area (Å²) in [5.74, 6) is 0. The lowest BCUT2D eigenvalue weighted by molar-refractivity contribution is 0.749. The van der Waals surface area contributed by atoms with Crippen LogP contribution in [-0.4, -0.2) is 20.7 Å². The van der Waals surface area contributed by atoms with Gasteiger partial charge in [0.15, 0.2) is 0 Å². The SMILES string of the molecule is c1ccc(C2CC(c3cnn(-c4ccccc4)n3)=Nc3ccccc3S2)cc1. The molecule has 0 N–H and O–H groups in total. The van der Waals surface area contributed by atoms with Crippen molar-refractivity contribution in [3.63, 3.8) is 0 Å². The van der Waals surface area contributed by atoms with Crippen LogP contribution in [0.25, 0.3) is 5.69 Å². The molecule has 136 valence electrons. The molecule has 0 amide bonds. The van der Waals surface area contributed by atoms with Crippen LogP contribution in [-0.2, 0) is 0 Å². The highest BCUT2D eigenvalue weighted by Gasteiger charge is 2.23. The Balaban J connectivity index is 1.56. The Labute approximate surface area is 168 Å². The molecule has 1 aliphatic heterocycles. The monoisotopic (exact) mass is 382 g/mol. The van der Waals surface area contributed by atoms with Gasteiger partial charge < -0.3 is 0 Å². The van der Waals surface area contributed by atoms with E-state index in [9.17, 15) is 0 Å². The summed E-state index contributed by atoms with van der Waals surface area (Å²) >= 11 is 1.86. The third kappa shape index (κ3) is 3.37. The van der Waals surface area contributed by atoms with Crippen molar-refractivity contribution >= 4 is 23.2 Å². The lowest BCUT2D eigenvalue weighted by Gasteiger charge is -2.15. The van der Waals surface area contributed by atoms with Crippen molar-refractivity contribution in [3.8, 4) is 5.69 Å². The Morgan fingerprint density at radius 1 is 0.821 bits per heavy atom. The molecule has 28 heavy (non-hydrogen) atoms. The number of nitrogens with zero attached hydrogens (tertiary/aromatic N) is 4. The van der Waals surface area contributed by atoms with Crippen LogP contribution in [0, 0.1) is 0 Å². The summed E-state index contributed by atoms with van der Waals surface area (Å²) in [4.78, 5) is 7.83. The van der Waals surface area contributed by atoms with E-state index >= 15 is 0 Å². The standard InChI is InChI=1S/C23H18N4S/c1-3-9-17(10-4-1)23-15-20(25-19-13-7-8-14-22(19)28-23)21-16-24-27(26-21)18-11-5-2-6-12-18/h1-14,16,23H,15H2. The second kappa shape index (κ2) is 7.44. The Morgan fingerprint density at radius 2 is 1.54 bits per heavy atom. The first-order chi connectivity index (χ1) is 13.9. The van der Waals surface area contributed by atoms with Crippen molar-refractivity contribution < 1.29 is 0 Å². The van der Waals surface area contributed by atoms with Gasteiger partial charge in [-0.2, -0.15) is 9.90 Å². The van der Waals surface area contributed by atoms with Crippen molar-refractivity contribution in [3.05, 3.63) is 102 Å². The first-order valence-corrected chi connectivity index (χ1v) is 10.1. The minimum Gasteiger partial charge on any atom is -0.250 e. The quantitative estimate of drug-likeness (QED) is 0.461. The van der Waals surface area contributed by atoms with E-state index in [4.69, 9.17) is 10.1 Å². The van der Waals surface area contributed by atoms with Gasteiger partial charge in [-0.3, -0.25) is 0 Å². The number of aromatic nitrogens is 3. The van der Waals surface area contributed by atoms with Gasteiger partial charge in [0.05, 0.1) is 23.3 Å². The number of rotatable bonds is 3. The van der Waals surface area contributed by atoms with Gasteiger partial charge in [0.1, 0.15) is 5.69 Å². The molecule has 0 radical (unpaired) electrons. The van der Waals surface area contributed by atoms with E-state index in [1.54, 1.807) is 4.80 Å². The van der Waals surface area contributed by atoms with Gasteiger partial charge in [-0.25, -0.2) is 4.99 Å². The molecule has 4 aromatic rings. The zero-order valence-electron chi connectivity index (χ0n) is 15.1. The van der Waals surface area contributed by atoms with Crippen LogP contribution in [0.4, 0.5) is 5.69 Å². The molecule has 0 aliphatic carbocycles. The zero-order chi connectivity index (χ0) is 18.8. The predicted molar refractivity (Wildman–Crippen MR) is 114 cm³/mol. The van der Waals surface area contributed by atoms with E-state index in [0.29, 0.717) is 0 Å². The lowest BCUT2D eigenvalue weighted by atomic mass is 10.1. The molecule has 1 atom stereocenters. The highest BCUT2D eigenvalue weighted by Crippen LogP contribution is 2.45. The molecule has 0 saturated carbocycles. The molecule has 3 aromatic carbocycles. The van der Waals surface area contributed by atoms with Crippen LogP contribution in [0.2, 0.25) is 0 Å². The number of fused-ring (bicyclic) bond motifs is 1. The molecule has 1 aromatic heterocycles. The molecule has 1 aliphatic rings. The van der Waals surface area contributed by atoms with Crippen molar-refractivity contribution in [2.75, 3.05) is 0 Å². The summed E-state index contributed by atoms with van der Waals surface area (Å²) in [6.07, 6.45) is 2.61. The fraction of sp³-hybridized carbons (Fsp3) is 0.0870. The molecule has 0 bridgehead atoms. The molecule has 0 spiro atoms. The average Bonchev–Trinajstić information content (AvgIpc) is 3.17. The van der Waals surface area contributed by atoms with Crippen LogP contribution in [0.5, 0.6) is 0 Å². The second-order valence-corrected chi connectivity index (χ2v) is 7.85. The third-order valence-corrected chi connectivity index (χ3v) is 6.04. The molecular weight excluding hydrogens is 364 g/mol. The highest BCUT2D eigenvalue weighted by atomic mass is 32.2. The predicted octanol–water partition coefficient (Wildman–Crippen LogP) is 5.63. The van der Waals surface area contributed by atoms with Crippen molar-refractivity contribution in [2.45, 2.75) is 16.6 Å². The maximum Gasteiger partial charge on any atom is 0.127 e. The topological polar surface area (TPSA) is 43.1 Å². The smallest absolute Gasteiger partial charge is 0.127 e. The van der Waals surface area contributed by atoms with Crippen molar-refractivity contribution in [2.24, 2.45) is 4.99 Å². The van der Waals surface area contributed by atoms with E-state index in [-0.39, 0.29) is 5.25 Å². The van der Waals surface area contributed by atoms with Crippen LogP contribution in [0.15, 0.2) is 101 Å². The van der Waals surface area contributed by atoms with Gasteiger partial charge in [-0.15, -0.1) is 16.9 Å². The lowest BCUT2D eigenvalue weighted by Crippen LogP contribution is -2.07. The zero-order valence-corrected chi connectivity index (χ0v) is 16.0. The van der Waals surface area contributed by atoms with Gasteiger partial charge in [-0.05, 0) is 29.8 Å². The fourth-order valence-corrected chi connectivity index (χ4v) is 4.54. The molecule has 2 heterocycles. The first-order valence-electron chi connectivity index (χ1n) is 9.23. The average molecular weight is 382 g/mol. The number of aliphatic imine (C=N–C) groups is 1. The van der Waals surface area contributed by atoms with Gasteiger partial charge in [0.2, 0.25) is 0 Å². The van der Waals surface area contributed by atoms with Gasteiger partial charge >= 0.3 is 0 Å². The molecule has 1 unspecified atom stereocenters. The maximum absolute atomic E-state index is 4.97. The molecule has 0 fully saturated rings. The van der Waals surface area contributed by atoms with Crippen LogP contribution in [0.3, 0.4) is 0 Å². The molecule has 4 nitrogen and oxygen atoms in total. The summed E-state index contributed by atoms with van der Waals surface area (Å²) < 4.78 is 0. The molecular formula is C23H18N4S. The van der Waals surface area contributed by atoms with Crippen molar-refractivity contribution in [1.82, 2.24) is 15.0 Å². The highest BCUT2D eigenvalue weighted by molar-refractivity contribution is 7.99.